The van der Waals surface area contributed by atoms with Crippen LogP contribution in [0.4, 0.5) is 13.2 Å². The van der Waals surface area contributed by atoms with Crippen molar-refractivity contribution in [3.05, 3.63) is 0 Å². The quantitative estimate of drug-likeness (QED) is 0.718. The van der Waals surface area contributed by atoms with E-state index in [9.17, 15) is 18.0 Å². The summed E-state index contributed by atoms with van der Waals surface area (Å²) in [7, 11) is 0. The molecular weight excluding hydrogens is 287 g/mol. The number of hydrogen-bond donors (Lipinski definition) is 0. The first-order valence-electron chi connectivity index (χ1n) is 5.28. The van der Waals surface area contributed by atoms with E-state index in [0.717, 1.165) is 6.42 Å². The van der Waals surface area contributed by atoms with Gasteiger partial charge in [0.15, 0.2) is 0 Å². The maximum Gasteiger partial charge on any atom is 0.389 e. The molecule has 0 N–H and O–H groups in total. The molecule has 0 saturated carbocycles. The van der Waals surface area contributed by atoms with Crippen molar-refractivity contribution in [3.8, 4) is 0 Å². The summed E-state index contributed by atoms with van der Waals surface area (Å²) < 4.78 is 35.8. The standard InChI is InChI=1S/C10H15BrF3NO/c1-7-3-5-15(6-8(7)11)9(16)2-4-10(12,13)14/h7-8H,2-6H2,1H3. The molecule has 0 aliphatic carbocycles. The van der Waals surface area contributed by atoms with Gasteiger partial charge in [-0.25, -0.2) is 0 Å². The Hall–Kier alpha value is -0.260. The van der Waals surface area contributed by atoms with Crippen molar-refractivity contribution in [2.24, 2.45) is 5.92 Å². The molecule has 1 heterocycles. The van der Waals surface area contributed by atoms with Gasteiger partial charge < -0.3 is 4.90 Å². The Balaban J connectivity index is 2.38. The number of alkyl halides is 4. The lowest BCUT2D eigenvalue weighted by Gasteiger charge is -2.34. The first-order valence-corrected chi connectivity index (χ1v) is 6.20. The molecule has 1 amide bonds. The van der Waals surface area contributed by atoms with Crippen LogP contribution < -0.4 is 0 Å². The fourth-order valence-corrected chi connectivity index (χ4v) is 2.27. The van der Waals surface area contributed by atoms with Gasteiger partial charge in [-0.3, -0.25) is 4.79 Å². The number of carbonyl (C=O) groups excluding carboxylic acids is 1. The van der Waals surface area contributed by atoms with Crippen molar-refractivity contribution in [2.45, 2.75) is 37.2 Å². The monoisotopic (exact) mass is 301 g/mol. The molecule has 2 nitrogen and oxygen atoms in total. The molecule has 2 unspecified atom stereocenters. The largest absolute Gasteiger partial charge is 0.389 e. The molecule has 0 radical (unpaired) electrons. The Morgan fingerprint density at radius 3 is 2.62 bits per heavy atom. The first-order chi connectivity index (χ1) is 7.29. The molecule has 6 heteroatoms. The minimum Gasteiger partial charge on any atom is -0.342 e. The number of hydrogen-bond acceptors (Lipinski definition) is 1. The van der Waals surface area contributed by atoms with Crippen LogP contribution in [0.15, 0.2) is 0 Å². The van der Waals surface area contributed by atoms with Crippen LogP contribution in [0.5, 0.6) is 0 Å². The summed E-state index contributed by atoms with van der Waals surface area (Å²) in [5, 5.41) is 0. The Bertz CT molecular complexity index is 257. The van der Waals surface area contributed by atoms with Crippen LogP contribution in [0.2, 0.25) is 0 Å². The predicted molar refractivity (Wildman–Crippen MR) is 58.4 cm³/mol. The van der Waals surface area contributed by atoms with Gasteiger partial charge in [-0.15, -0.1) is 0 Å². The summed E-state index contributed by atoms with van der Waals surface area (Å²) in [6.07, 6.45) is -4.86. The number of rotatable bonds is 2. The van der Waals surface area contributed by atoms with Crippen molar-refractivity contribution >= 4 is 21.8 Å². The first kappa shape index (κ1) is 13.8. The third kappa shape index (κ3) is 4.31. The summed E-state index contributed by atoms with van der Waals surface area (Å²) >= 11 is 3.44. The summed E-state index contributed by atoms with van der Waals surface area (Å²) in [6.45, 7) is 3.15. The highest BCUT2D eigenvalue weighted by Crippen LogP contribution is 2.26. The number of nitrogens with zero attached hydrogens (tertiary/aromatic N) is 1. The van der Waals surface area contributed by atoms with E-state index in [2.05, 4.69) is 22.9 Å². The van der Waals surface area contributed by atoms with Crippen molar-refractivity contribution < 1.29 is 18.0 Å². The van der Waals surface area contributed by atoms with Crippen LogP contribution in [0, 0.1) is 5.92 Å². The molecule has 2 atom stereocenters. The van der Waals surface area contributed by atoms with Crippen LogP contribution in [0.25, 0.3) is 0 Å². The topological polar surface area (TPSA) is 20.3 Å². The molecular formula is C10H15BrF3NO. The van der Waals surface area contributed by atoms with Gasteiger partial charge in [-0.2, -0.15) is 13.2 Å². The van der Waals surface area contributed by atoms with Gasteiger partial charge in [-0.05, 0) is 12.3 Å². The predicted octanol–water partition coefficient (Wildman–Crippen LogP) is 2.96. The second-order valence-electron chi connectivity index (χ2n) is 4.24. The lowest BCUT2D eigenvalue weighted by atomic mass is 9.99. The number of halogens is 4. The molecule has 1 aliphatic rings. The van der Waals surface area contributed by atoms with E-state index in [1.807, 2.05) is 0 Å². The van der Waals surface area contributed by atoms with E-state index in [1.54, 1.807) is 0 Å². The van der Waals surface area contributed by atoms with Crippen molar-refractivity contribution in [3.63, 3.8) is 0 Å². The third-order valence-corrected chi connectivity index (χ3v) is 4.03. The molecule has 16 heavy (non-hydrogen) atoms. The summed E-state index contributed by atoms with van der Waals surface area (Å²) in [6, 6.07) is 0. The maximum absolute atomic E-state index is 11.9. The van der Waals surface area contributed by atoms with E-state index in [1.165, 1.54) is 4.90 Å². The minimum absolute atomic E-state index is 0.191. The van der Waals surface area contributed by atoms with Gasteiger partial charge in [0, 0.05) is 24.3 Å². The Morgan fingerprint density at radius 2 is 2.12 bits per heavy atom. The van der Waals surface area contributed by atoms with Crippen LogP contribution in [0.1, 0.15) is 26.2 Å². The van der Waals surface area contributed by atoms with Crippen LogP contribution >= 0.6 is 15.9 Å². The summed E-state index contributed by atoms with van der Waals surface area (Å²) in [5.74, 6) is 0.0698. The Labute approximate surface area is 101 Å². The van der Waals surface area contributed by atoms with Crippen molar-refractivity contribution in [1.29, 1.82) is 0 Å². The molecule has 1 saturated heterocycles. The summed E-state index contributed by atoms with van der Waals surface area (Å²) in [4.78, 5) is 13.2. The molecule has 0 aromatic heterocycles. The molecule has 1 aliphatic heterocycles. The molecule has 1 fully saturated rings. The number of amides is 1. The van der Waals surface area contributed by atoms with E-state index < -0.39 is 24.9 Å². The zero-order valence-electron chi connectivity index (χ0n) is 9.06. The van der Waals surface area contributed by atoms with Gasteiger partial charge in [-0.1, -0.05) is 22.9 Å². The number of carbonyl (C=O) groups is 1. The van der Waals surface area contributed by atoms with Gasteiger partial charge >= 0.3 is 6.18 Å². The van der Waals surface area contributed by atoms with Gasteiger partial charge in [0.25, 0.3) is 0 Å². The second-order valence-corrected chi connectivity index (χ2v) is 5.41. The number of piperidine rings is 1. The molecule has 0 aromatic rings. The lowest BCUT2D eigenvalue weighted by Crippen LogP contribution is -2.43. The van der Waals surface area contributed by atoms with Gasteiger partial charge in [0.2, 0.25) is 5.91 Å². The highest BCUT2D eigenvalue weighted by atomic mass is 79.9. The third-order valence-electron chi connectivity index (χ3n) is 2.84. The van der Waals surface area contributed by atoms with Gasteiger partial charge in [0.1, 0.15) is 0 Å². The highest BCUT2D eigenvalue weighted by Gasteiger charge is 2.31. The molecule has 0 bridgehead atoms. The normalized spacial score (nSPS) is 26.9. The second kappa shape index (κ2) is 5.38. The molecule has 0 aromatic carbocycles. The van der Waals surface area contributed by atoms with Crippen LogP contribution in [-0.4, -0.2) is 34.9 Å². The van der Waals surface area contributed by atoms with Gasteiger partial charge in [0.05, 0.1) is 6.42 Å². The van der Waals surface area contributed by atoms with Crippen LogP contribution in [0.3, 0.4) is 0 Å². The average Bonchev–Trinajstić information content (AvgIpc) is 2.17. The van der Waals surface area contributed by atoms with E-state index in [-0.39, 0.29) is 4.83 Å². The fourth-order valence-electron chi connectivity index (χ4n) is 1.66. The van der Waals surface area contributed by atoms with Crippen molar-refractivity contribution in [1.82, 2.24) is 4.90 Å². The smallest absolute Gasteiger partial charge is 0.342 e. The average molecular weight is 302 g/mol. The highest BCUT2D eigenvalue weighted by molar-refractivity contribution is 9.09. The molecule has 0 spiro atoms. The molecule has 94 valence electrons. The summed E-state index contributed by atoms with van der Waals surface area (Å²) in [5.41, 5.74) is 0. The lowest BCUT2D eigenvalue weighted by molar-refractivity contribution is -0.149. The van der Waals surface area contributed by atoms with E-state index >= 15 is 0 Å². The SMILES string of the molecule is CC1CCN(C(=O)CCC(F)(F)F)CC1Br. The molecule has 1 rings (SSSR count). The van der Waals surface area contributed by atoms with Crippen LogP contribution in [-0.2, 0) is 4.79 Å². The Morgan fingerprint density at radius 1 is 1.50 bits per heavy atom. The van der Waals surface area contributed by atoms with E-state index in [0.29, 0.717) is 19.0 Å². The van der Waals surface area contributed by atoms with Crippen molar-refractivity contribution in [2.75, 3.05) is 13.1 Å². The zero-order valence-corrected chi connectivity index (χ0v) is 10.6. The maximum atomic E-state index is 11.9. The fraction of sp³-hybridized carbons (Fsp3) is 0.900. The zero-order chi connectivity index (χ0) is 12.3. The minimum atomic E-state index is -4.24. The number of likely N-dealkylation sites (tertiary alicyclic amines) is 1. The van der Waals surface area contributed by atoms with E-state index in [4.69, 9.17) is 0 Å². The Kier molecular flexibility index (Phi) is 4.64.